The van der Waals surface area contributed by atoms with Crippen LogP contribution in [0.25, 0.3) is 146 Å². The van der Waals surface area contributed by atoms with Gasteiger partial charge in [-0.2, -0.15) is 0 Å². The summed E-state index contributed by atoms with van der Waals surface area (Å²) in [7, 11) is 0. The van der Waals surface area contributed by atoms with Crippen LogP contribution in [0.3, 0.4) is 0 Å². The highest BCUT2D eigenvalue weighted by Crippen LogP contribution is 2.40. The molecule has 12 aromatic carbocycles. The second kappa shape index (κ2) is 23.1. The van der Waals surface area contributed by atoms with Gasteiger partial charge in [-0.05, 0) is 174 Å². The number of aromatic nitrogens is 4. The third kappa shape index (κ3) is 11.0. The topological polar surface area (TPSA) is 51.6 Å². The van der Waals surface area contributed by atoms with E-state index in [4.69, 9.17) is 19.9 Å². The smallest absolute Gasteiger partial charge is 0.198 e. The Hall–Kier alpha value is -11.2. The average Bonchev–Trinajstić information content (AvgIpc) is 3.30. The van der Waals surface area contributed by atoms with Crippen molar-refractivity contribution in [1.82, 2.24) is 19.9 Å². The fraction of sp³-hybridized carbons (Fsp3) is 0. The lowest BCUT2D eigenvalue weighted by Crippen LogP contribution is -2.02. The molecular formula is C80H54N4. The van der Waals surface area contributed by atoms with Crippen LogP contribution in [0.1, 0.15) is 0 Å². The number of benzene rings is 12. The van der Waals surface area contributed by atoms with Crippen molar-refractivity contribution >= 4 is 0 Å². The van der Waals surface area contributed by atoms with Crippen LogP contribution in [0.5, 0.6) is 0 Å². The van der Waals surface area contributed by atoms with Crippen molar-refractivity contribution in [2.24, 2.45) is 0 Å². The quantitative estimate of drug-likeness (QED) is 0.115. The standard InChI is InChI=1S/C80H54N4/c1-9-25-55(26-10-1)63-41-64(56-27-11-2-12-28-56)46-71(45-63)75-53-76(72-47-65(57-29-13-3-14-30-57)42-66(48-72)58-31-15-4-16-32-58)82-79(81-75)80-83-77(73-49-67(59-33-17-5-18-34-59)43-68(50-73)60-35-19-6-20-36-60)54-78(84-80)74-51-69(61-37-21-7-22-38-61)44-70(52-74)62-39-23-8-24-40-62/h1-54H. The van der Waals surface area contributed by atoms with Crippen molar-refractivity contribution < 1.29 is 0 Å². The molecule has 0 atom stereocenters. The van der Waals surface area contributed by atoms with Crippen LogP contribution >= 0.6 is 0 Å². The van der Waals surface area contributed by atoms with Gasteiger partial charge in [-0.25, -0.2) is 19.9 Å². The maximum Gasteiger partial charge on any atom is 0.198 e. The summed E-state index contributed by atoms with van der Waals surface area (Å²) in [6.07, 6.45) is 0. The Labute approximate surface area is 490 Å². The molecular weight excluding hydrogens is 1020 g/mol. The Morgan fingerprint density at radius 2 is 0.250 bits per heavy atom. The van der Waals surface area contributed by atoms with Crippen molar-refractivity contribution in [3.8, 4) is 146 Å². The summed E-state index contributed by atoms with van der Waals surface area (Å²) in [6, 6.07) is 116. The van der Waals surface area contributed by atoms with E-state index in [1.165, 1.54) is 0 Å². The summed E-state index contributed by atoms with van der Waals surface area (Å²) < 4.78 is 0. The molecule has 4 nitrogen and oxygen atoms in total. The Morgan fingerprint density at radius 1 is 0.119 bits per heavy atom. The molecule has 0 amide bonds. The third-order valence-electron chi connectivity index (χ3n) is 15.4. The van der Waals surface area contributed by atoms with Crippen molar-refractivity contribution in [1.29, 1.82) is 0 Å². The second-order valence-electron chi connectivity index (χ2n) is 21.0. The van der Waals surface area contributed by atoms with Gasteiger partial charge in [0.05, 0.1) is 22.8 Å². The van der Waals surface area contributed by atoms with Crippen molar-refractivity contribution in [2.45, 2.75) is 0 Å². The molecule has 0 radical (unpaired) electrons. The zero-order valence-electron chi connectivity index (χ0n) is 46.0. The lowest BCUT2D eigenvalue weighted by Gasteiger charge is -2.16. The van der Waals surface area contributed by atoms with Crippen LogP contribution in [-0.4, -0.2) is 19.9 Å². The van der Waals surface area contributed by atoms with E-state index in [1.807, 2.05) is 0 Å². The highest BCUT2D eigenvalue weighted by atomic mass is 15.0. The molecule has 0 aliphatic carbocycles. The van der Waals surface area contributed by atoms with Crippen LogP contribution in [0.15, 0.2) is 328 Å². The Kier molecular flexibility index (Phi) is 14.0. The van der Waals surface area contributed by atoms with Gasteiger partial charge in [-0.1, -0.05) is 243 Å². The molecule has 0 spiro atoms. The molecule has 84 heavy (non-hydrogen) atoms. The largest absolute Gasteiger partial charge is 0.225 e. The van der Waals surface area contributed by atoms with E-state index in [0.717, 1.165) is 134 Å². The van der Waals surface area contributed by atoms with E-state index in [-0.39, 0.29) is 0 Å². The molecule has 0 unspecified atom stereocenters. The van der Waals surface area contributed by atoms with Gasteiger partial charge in [-0.3, -0.25) is 0 Å². The molecule has 4 heteroatoms. The van der Waals surface area contributed by atoms with Gasteiger partial charge >= 0.3 is 0 Å². The maximum absolute atomic E-state index is 5.62. The van der Waals surface area contributed by atoms with Gasteiger partial charge in [0, 0.05) is 22.3 Å². The third-order valence-corrected chi connectivity index (χ3v) is 15.4. The zero-order valence-corrected chi connectivity index (χ0v) is 46.0. The van der Waals surface area contributed by atoms with Crippen molar-refractivity contribution in [3.63, 3.8) is 0 Å². The summed E-state index contributed by atoms with van der Waals surface area (Å²) in [5.74, 6) is 0.793. The van der Waals surface area contributed by atoms with E-state index in [9.17, 15) is 0 Å². The maximum atomic E-state index is 5.62. The Bertz CT molecular complexity index is 3780. The van der Waals surface area contributed by atoms with E-state index in [1.54, 1.807) is 0 Å². The minimum atomic E-state index is 0.397. The molecule has 2 heterocycles. The van der Waals surface area contributed by atoms with Gasteiger partial charge in [0.15, 0.2) is 11.6 Å². The van der Waals surface area contributed by atoms with E-state index >= 15 is 0 Å². The predicted molar refractivity (Wildman–Crippen MR) is 348 cm³/mol. The lowest BCUT2D eigenvalue weighted by molar-refractivity contribution is 1.09. The summed E-state index contributed by atoms with van der Waals surface area (Å²) in [5.41, 5.74) is 24.1. The molecule has 0 aliphatic heterocycles. The van der Waals surface area contributed by atoms with Crippen LogP contribution in [0.2, 0.25) is 0 Å². The van der Waals surface area contributed by atoms with E-state index < -0.39 is 0 Å². The first kappa shape index (κ1) is 51.0. The summed E-state index contributed by atoms with van der Waals surface area (Å²) >= 11 is 0. The molecule has 0 aliphatic rings. The van der Waals surface area contributed by atoms with Crippen LogP contribution in [0, 0.1) is 0 Å². The highest BCUT2D eigenvalue weighted by Gasteiger charge is 2.21. The van der Waals surface area contributed by atoms with Crippen molar-refractivity contribution in [2.75, 3.05) is 0 Å². The van der Waals surface area contributed by atoms with E-state index in [2.05, 4.69) is 328 Å². The van der Waals surface area contributed by atoms with Crippen LogP contribution in [-0.2, 0) is 0 Å². The number of rotatable bonds is 13. The number of nitrogens with zero attached hydrogens (tertiary/aromatic N) is 4. The molecule has 14 rings (SSSR count). The second-order valence-corrected chi connectivity index (χ2v) is 21.0. The fourth-order valence-corrected chi connectivity index (χ4v) is 11.2. The monoisotopic (exact) mass is 1070 g/mol. The number of hydrogen-bond donors (Lipinski definition) is 0. The van der Waals surface area contributed by atoms with Gasteiger partial charge < -0.3 is 0 Å². The summed E-state index contributed by atoms with van der Waals surface area (Å²) in [6.45, 7) is 0. The molecule has 2 aromatic heterocycles. The van der Waals surface area contributed by atoms with Gasteiger partial charge in [0.2, 0.25) is 0 Å². The molecule has 0 saturated heterocycles. The van der Waals surface area contributed by atoms with Crippen LogP contribution in [0.4, 0.5) is 0 Å². The lowest BCUT2D eigenvalue weighted by atomic mass is 9.93. The molecule has 0 N–H and O–H groups in total. The van der Waals surface area contributed by atoms with E-state index in [0.29, 0.717) is 11.6 Å². The SMILES string of the molecule is c1ccc(-c2cc(-c3ccccc3)cc(-c3cc(-c4cc(-c5ccccc5)cc(-c5ccccc5)c4)nc(-c4nc(-c5cc(-c6ccccc6)cc(-c6ccccc6)c5)cc(-c5cc(-c6ccccc6)cc(-c6ccccc6)c5)n4)n3)c2)cc1. The zero-order chi connectivity index (χ0) is 56.0. The summed E-state index contributed by atoms with van der Waals surface area (Å²) in [5, 5.41) is 0. The first-order valence-corrected chi connectivity index (χ1v) is 28.4. The molecule has 0 saturated carbocycles. The van der Waals surface area contributed by atoms with Gasteiger partial charge in [-0.15, -0.1) is 0 Å². The normalized spacial score (nSPS) is 11.1. The molecule has 0 fully saturated rings. The molecule has 0 bridgehead atoms. The first-order valence-electron chi connectivity index (χ1n) is 28.4. The van der Waals surface area contributed by atoms with Crippen molar-refractivity contribution in [3.05, 3.63) is 328 Å². The molecule has 14 aromatic rings. The van der Waals surface area contributed by atoms with Crippen LogP contribution < -0.4 is 0 Å². The fourth-order valence-electron chi connectivity index (χ4n) is 11.2. The molecule has 394 valence electrons. The number of hydrogen-bond acceptors (Lipinski definition) is 4. The minimum Gasteiger partial charge on any atom is -0.225 e. The average molecular weight is 1070 g/mol. The Balaban J connectivity index is 1.06. The highest BCUT2D eigenvalue weighted by molar-refractivity contribution is 5.88. The van der Waals surface area contributed by atoms with Gasteiger partial charge in [0.1, 0.15) is 0 Å². The summed E-state index contributed by atoms with van der Waals surface area (Å²) in [4.78, 5) is 22.5. The Morgan fingerprint density at radius 3 is 0.393 bits per heavy atom. The van der Waals surface area contributed by atoms with Gasteiger partial charge in [0.25, 0.3) is 0 Å². The predicted octanol–water partition coefficient (Wildman–Crippen LogP) is 20.9. The first-order chi connectivity index (χ1) is 41.6. The minimum absolute atomic E-state index is 0.397.